The van der Waals surface area contributed by atoms with Crippen molar-refractivity contribution in [3.05, 3.63) is 20.8 Å². The number of rotatable bonds is 3. The molecule has 0 atom stereocenters. The summed E-state index contributed by atoms with van der Waals surface area (Å²) in [6.45, 7) is 2.04. The predicted molar refractivity (Wildman–Crippen MR) is 67.4 cm³/mol. The lowest BCUT2D eigenvalue weighted by molar-refractivity contribution is -0.128. The third kappa shape index (κ3) is 3.06. The first-order valence-electron chi connectivity index (χ1n) is 5.34. The van der Waals surface area contributed by atoms with E-state index in [-0.39, 0.29) is 11.8 Å². The highest BCUT2D eigenvalue weighted by Crippen LogP contribution is 2.22. The lowest BCUT2D eigenvalue weighted by Crippen LogP contribution is -2.33. The summed E-state index contributed by atoms with van der Waals surface area (Å²) in [5.74, 6) is 0.288. The van der Waals surface area contributed by atoms with Gasteiger partial charge in [-0.25, -0.2) is 0 Å². The molecular weight excluding hydrogens is 290 g/mol. The maximum atomic E-state index is 11.8. The Kier molecular flexibility index (Phi) is 4.37. The van der Waals surface area contributed by atoms with Crippen LogP contribution in [0.1, 0.15) is 17.7 Å². The van der Waals surface area contributed by atoms with Crippen LogP contribution in [-0.4, -0.2) is 19.1 Å². The Bertz CT molecular complexity index is 361. The van der Waals surface area contributed by atoms with Crippen molar-refractivity contribution in [2.75, 3.05) is 13.2 Å². The van der Waals surface area contributed by atoms with Crippen LogP contribution in [0.15, 0.2) is 15.9 Å². The van der Waals surface area contributed by atoms with E-state index in [0.717, 1.165) is 17.3 Å². The highest BCUT2D eigenvalue weighted by Gasteiger charge is 2.21. The molecule has 0 spiro atoms. The van der Waals surface area contributed by atoms with Gasteiger partial charge in [0.05, 0.1) is 6.54 Å². The minimum absolute atomic E-state index is 0.132. The Labute approximate surface area is 107 Å². The van der Waals surface area contributed by atoms with E-state index in [2.05, 4.69) is 21.2 Å². The van der Waals surface area contributed by atoms with Gasteiger partial charge in [0.2, 0.25) is 5.91 Å². The molecule has 1 aliphatic heterocycles. The minimum Gasteiger partial charge on any atom is -0.381 e. The van der Waals surface area contributed by atoms with Gasteiger partial charge in [0.25, 0.3) is 0 Å². The summed E-state index contributed by atoms with van der Waals surface area (Å²) >= 11 is 5.10. The van der Waals surface area contributed by atoms with Gasteiger partial charge in [-0.2, -0.15) is 0 Å². The largest absolute Gasteiger partial charge is 0.381 e. The number of nitrogens with one attached hydrogen (secondary N) is 1. The maximum Gasteiger partial charge on any atom is 0.223 e. The van der Waals surface area contributed by atoms with Crippen molar-refractivity contribution in [3.8, 4) is 0 Å². The Morgan fingerprint density at radius 3 is 2.94 bits per heavy atom. The Hall–Kier alpha value is -0.390. The topological polar surface area (TPSA) is 38.3 Å². The summed E-state index contributed by atoms with van der Waals surface area (Å²) < 4.78 is 6.31. The van der Waals surface area contributed by atoms with Crippen molar-refractivity contribution >= 4 is 33.2 Å². The van der Waals surface area contributed by atoms with E-state index in [9.17, 15) is 4.79 Å². The van der Waals surface area contributed by atoms with Crippen LogP contribution in [0.2, 0.25) is 0 Å². The Balaban J connectivity index is 1.81. The number of carbonyl (C=O) groups is 1. The first kappa shape index (κ1) is 12.1. The van der Waals surface area contributed by atoms with E-state index >= 15 is 0 Å². The van der Waals surface area contributed by atoms with Crippen molar-refractivity contribution in [3.63, 3.8) is 0 Å². The average molecular weight is 304 g/mol. The molecule has 1 saturated heterocycles. The van der Waals surface area contributed by atoms with Crippen LogP contribution in [0.5, 0.6) is 0 Å². The van der Waals surface area contributed by atoms with Crippen LogP contribution >= 0.6 is 27.3 Å². The minimum atomic E-state index is 0.132. The number of thiophene rings is 1. The molecule has 0 bridgehead atoms. The normalized spacial score (nSPS) is 17.3. The number of hydrogen-bond acceptors (Lipinski definition) is 3. The molecule has 88 valence electrons. The summed E-state index contributed by atoms with van der Waals surface area (Å²) in [6, 6.07) is 2.00. The molecule has 2 heterocycles. The third-order valence-corrected chi connectivity index (χ3v) is 4.63. The quantitative estimate of drug-likeness (QED) is 0.932. The van der Waals surface area contributed by atoms with E-state index in [4.69, 9.17) is 4.74 Å². The van der Waals surface area contributed by atoms with Gasteiger partial charge in [-0.3, -0.25) is 4.79 Å². The summed E-state index contributed by atoms with van der Waals surface area (Å²) in [5.41, 5.74) is 0. The average Bonchev–Trinajstić information content (AvgIpc) is 2.73. The van der Waals surface area contributed by atoms with E-state index in [0.29, 0.717) is 19.8 Å². The second-order valence-electron chi connectivity index (χ2n) is 3.80. The van der Waals surface area contributed by atoms with Crippen molar-refractivity contribution in [2.45, 2.75) is 19.4 Å². The SMILES string of the molecule is O=C(NCc1sccc1Br)C1CCOCC1. The van der Waals surface area contributed by atoms with Crippen molar-refractivity contribution < 1.29 is 9.53 Å². The highest BCUT2D eigenvalue weighted by molar-refractivity contribution is 9.10. The van der Waals surface area contributed by atoms with E-state index in [1.54, 1.807) is 11.3 Å². The molecular formula is C11H14BrNO2S. The van der Waals surface area contributed by atoms with Gasteiger partial charge in [0, 0.05) is 28.5 Å². The molecule has 2 rings (SSSR count). The fourth-order valence-corrected chi connectivity index (χ4v) is 3.15. The standard InChI is InChI=1S/C11H14BrNO2S/c12-9-3-6-16-10(9)7-13-11(14)8-1-4-15-5-2-8/h3,6,8H,1-2,4-5,7H2,(H,13,14). The third-order valence-electron chi connectivity index (χ3n) is 2.71. The molecule has 5 heteroatoms. The van der Waals surface area contributed by atoms with Crippen LogP contribution in [0, 0.1) is 5.92 Å². The zero-order chi connectivity index (χ0) is 11.4. The summed E-state index contributed by atoms with van der Waals surface area (Å²) in [7, 11) is 0. The number of hydrogen-bond donors (Lipinski definition) is 1. The molecule has 1 amide bonds. The monoisotopic (exact) mass is 303 g/mol. The maximum absolute atomic E-state index is 11.8. The Morgan fingerprint density at radius 1 is 1.56 bits per heavy atom. The number of amides is 1. The van der Waals surface area contributed by atoms with Crippen LogP contribution < -0.4 is 5.32 Å². The lowest BCUT2D eigenvalue weighted by Gasteiger charge is -2.21. The molecule has 0 aromatic carbocycles. The molecule has 1 aromatic heterocycles. The smallest absolute Gasteiger partial charge is 0.223 e. The van der Waals surface area contributed by atoms with Crippen molar-refractivity contribution in [1.82, 2.24) is 5.32 Å². The van der Waals surface area contributed by atoms with Crippen LogP contribution in [-0.2, 0) is 16.1 Å². The molecule has 0 saturated carbocycles. The first-order valence-corrected chi connectivity index (χ1v) is 7.02. The van der Waals surface area contributed by atoms with Crippen LogP contribution in [0.25, 0.3) is 0 Å². The zero-order valence-corrected chi connectivity index (χ0v) is 11.3. The van der Waals surface area contributed by atoms with Gasteiger partial charge in [-0.15, -0.1) is 11.3 Å². The predicted octanol–water partition coefficient (Wildman–Crippen LogP) is 2.55. The molecule has 3 nitrogen and oxygen atoms in total. The number of ether oxygens (including phenoxy) is 1. The van der Waals surface area contributed by atoms with Gasteiger partial charge < -0.3 is 10.1 Å². The molecule has 16 heavy (non-hydrogen) atoms. The number of halogens is 1. The van der Waals surface area contributed by atoms with Gasteiger partial charge in [-0.05, 0) is 40.2 Å². The van der Waals surface area contributed by atoms with E-state index < -0.39 is 0 Å². The van der Waals surface area contributed by atoms with Gasteiger partial charge in [0.1, 0.15) is 0 Å². The summed E-state index contributed by atoms with van der Waals surface area (Å²) in [4.78, 5) is 13.0. The van der Waals surface area contributed by atoms with E-state index in [1.165, 1.54) is 4.88 Å². The number of carbonyl (C=O) groups excluding carboxylic acids is 1. The first-order chi connectivity index (χ1) is 7.77. The molecule has 1 aromatic rings. The van der Waals surface area contributed by atoms with Gasteiger partial charge in [-0.1, -0.05) is 0 Å². The lowest BCUT2D eigenvalue weighted by atomic mass is 9.99. The second-order valence-corrected chi connectivity index (χ2v) is 5.65. The molecule has 1 N–H and O–H groups in total. The fraction of sp³-hybridized carbons (Fsp3) is 0.545. The van der Waals surface area contributed by atoms with Crippen molar-refractivity contribution in [2.24, 2.45) is 5.92 Å². The van der Waals surface area contributed by atoms with Gasteiger partial charge >= 0.3 is 0 Å². The summed E-state index contributed by atoms with van der Waals surface area (Å²) in [6.07, 6.45) is 1.69. The highest BCUT2D eigenvalue weighted by atomic mass is 79.9. The Morgan fingerprint density at radius 2 is 2.31 bits per heavy atom. The molecule has 1 fully saturated rings. The molecule has 0 aliphatic carbocycles. The van der Waals surface area contributed by atoms with E-state index in [1.807, 2.05) is 11.4 Å². The van der Waals surface area contributed by atoms with Crippen LogP contribution in [0.3, 0.4) is 0 Å². The summed E-state index contributed by atoms with van der Waals surface area (Å²) in [5, 5.41) is 5.00. The molecule has 0 radical (unpaired) electrons. The van der Waals surface area contributed by atoms with Crippen LogP contribution in [0.4, 0.5) is 0 Å². The van der Waals surface area contributed by atoms with Crippen molar-refractivity contribution in [1.29, 1.82) is 0 Å². The second kappa shape index (κ2) is 5.80. The molecule has 0 unspecified atom stereocenters. The molecule has 1 aliphatic rings. The zero-order valence-electron chi connectivity index (χ0n) is 8.87. The fourth-order valence-electron chi connectivity index (χ4n) is 1.72. The van der Waals surface area contributed by atoms with Gasteiger partial charge in [0.15, 0.2) is 0 Å².